The molecule has 0 atom stereocenters. The minimum Gasteiger partial charge on any atom is -0.389 e. The molecular formula is C20H20FN3O. The molecule has 128 valence electrons. The van der Waals surface area contributed by atoms with Crippen molar-refractivity contribution in [2.75, 3.05) is 11.9 Å². The average Bonchev–Trinajstić information content (AvgIpc) is 2.59. The number of nitriles is 1. The number of carbonyl (C=O) groups is 1. The van der Waals surface area contributed by atoms with Crippen molar-refractivity contribution in [2.24, 2.45) is 0 Å². The Hall–Kier alpha value is -3.13. The van der Waals surface area contributed by atoms with Gasteiger partial charge in [0.15, 0.2) is 0 Å². The summed E-state index contributed by atoms with van der Waals surface area (Å²) in [4.78, 5) is 12.2. The highest BCUT2D eigenvalue weighted by Crippen LogP contribution is 2.16. The Morgan fingerprint density at radius 1 is 1.24 bits per heavy atom. The van der Waals surface area contributed by atoms with E-state index in [1.807, 2.05) is 38.1 Å². The number of nitrogens with zero attached hydrogens (tertiary/aromatic N) is 1. The van der Waals surface area contributed by atoms with Crippen LogP contribution in [0.4, 0.5) is 10.1 Å². The maximum absolute atomic E-state index is 13.5. The zero-order valence-corrected chi connectivity index (χ0v) is 14.3. The van der Waals surface area contributed by atoms with Gasteiger partial charge < -0.3 is 10.6 Å². The molecule has 0 aliphatic heterocycles. The molecule has 5 heteroatoms. The second kappa shape index (κ2) is 8.65. The van der Waals surface area contributed by atoms with Crippen LogP contribution in [0.3, 0.4) is 0 Å². The van der Waals surface area contributed by atoms with Gasteiger partial charge in [0.2, 0.25) is 0 Å². The fraction of sp³-hybridized carbons (Fsp3) is 0.200. The van der Waals surface area contributed by atoms with E-state index in [9.17, 15) is 9.18 Å². The molecular weight excluding hydrogens is 317 g/mol. The number of amides is 1. The van der Waals surface area contributed by atoms with Gasteiger partial charge in [0.05, 0.1) is 0 Å². The SMILES string of the molecule is Cc1ccc(NC(=O)/C(C#N)=C\NCCc2ccccc2F)c(C)c1. The Labute approximate surface area is 147 Å². The Morgan fingerprint density at radius 3 is 2.68 bits per heavy atom. The van der Waals surface area contributed by atoms with Crippen LogP contribution in [0, 0.1) is 31.0 Å². The largest absolute Gasteiger partial charge is 0.389 e. The van der Waals surface area contributed by atoms with Crippen LogP contribution in [-0.4, -0.2) is 12.5 Å². The smallest absolute Gasteiger partial charge is 0.267 e. The molecule has 0 aliphatic rings. The molecule has 2 aromatic rings. The van der Waals surface area contributed by atoms with Gasteiger partial charge >= 0.3 is 0 Å². The number of hydrogen-bond acceptors (Lipinski definition) is 3. The van der Waals surface area contributed by atoms with Crippen LogP contribution in [0.2, 0.25) is 0 Å². The van der Waals surface area contributed by atoms with Crippen molar-refractivity contribution >= 4 is 11.6 Å². The van der Waals surface area contributed by atoms with Crippen molar-refractivity contribution in [2.45, 2.75) is 20.3 Å². The van der Waals surface area contributed by atoms with Crippen molar-refractivity contribution in [3.63, 3.8) is 0 Å². The topological polar surface area (TPSA) is 64.9 Å². The highest BCUT2D eigenvalue weighted by Gasteiger charge is 2.10. The molecule has 0 aliphatic carbocycles. The molecule has 25 heavy (non-hydrogen) atoms. The van der Waals surface area contributed by atoms with Crippen LogP contribution in [0.5, 0.6) is 0 Å². The van der Waals surface area contributed by atoms with Gasteiger partial charge in [0.1, 0.15) is 17.5 Å². The summed E-state index contributed by atoms with van der Waals surface area (Å²) in [6.45, 7) is 4.28. The predicted octanol–water partition coefficient (Wildman–Crippen LogP) is 3.62. The number of nitrogens with one attached hydrogen (secondary N) is 2. The zero-order valence-electron chi connectivity index (χ0n) is 14.3. The molecule has 0 heterocycles. The number of anilines is 1. The number of rotatable bonds is 6. The van der Waals surface area contributed by atoms with E-state index in [1.54, 1.807) is 18.2 Å². The standard InChI is InChI=1S/C20H20FN3O/c1-14-7-8-19(15(2)11-14)24-20(25)17(12-22)13-23-10-9-16-5-3-4-6-18(16)21/h3-8,11,13,23H,9-10H2,1-2H3,(H,24,25)/b17-13-. The van der Waals surface area contributed by atoms with E-state index in [-0.39, 0.29) is 11.4 Å². The van der Waals surface area contributed by atoms with E-state index < -0.39 is 5.91 Å². The third-order valence-electron chi connectivity index (χ3n) is 3.74. The molecule has 2 aromatic carbocycles. The summed E-state index contributed by atoms with van der Waals surface area (Å²) in [6, 6.07) is 14.1. The average molecular weight is 337 g/mol. The van der Waals surface area contributed by atoms with Crippen molar-refractivity contribution in [1.82, 2.24) is 5.32 Å². The number of benzene rings is 2. The molecule has 0 aromatic heterocycles. The van der Waals surface area contributed by atoms with E-state index in [2.05, 4.69) is 10.6 Å². The van der Waals surface area contributed by atoms with Crippen molar-refractivity contribution < 1.29 is 9.18 Å². The number of halogens is 1. The van der Waals surface area contributed by atoms with Crippen LogP contribution in [0.25, 0.3) is 0 Å². The van der Waals surface area contributed by atoms with Crippen LogP contribution in [0.15, 0.2) is 54.2 Å². The lowest BCUT2D eigenvalue weighted by molar-refractivity contribution is -0.112. The molecule has 0 spiro atoms. The summed E-state index contributed by atoms with van der Waals surface area (Å²) < 4.78 is 13.5. The van der Waals surface area contributed by atoms with E-state index in [1.165, 1.54) is 12.3 Å². The maximum atomic E-state index is 13.5. The van der Waals surface area contributed by atoms with Crippen LogP contribution >= 0.6 is 0 Å². The lowest BCUT2D eigenvalue weighted by Crippen LogP contribution is -2.18. The first-order chi connectivity index (χ1) is 12.0. The monoisotopic (exact) mass is 337 g/mol. The lowest BCUT2D eigenvalue weighted by Gasteiger charge is -2.09. The molecule has 0 saturated heterocycles. The quantitative estimate of drug-likeness (QED) is 0.481. The molecule has 0 bridgehead atoms. The van der Waals surface area contributed by atoms with E-state index in [0.717, 1.165) is 11.1 Å². The molecule has 4 nitrogen and oxygen atoms in total. The summed E-state index contributed by atoms with van der Waals surface area (Å²) in [5.74, 6) is -0.741. The summed E-state index contributed by atoms with van der Waals surface area (Å²) >= 11 is 0. The van der Waals surface area contributed by atoms with Gasteiger partial charge in [-0.25, -0.2) is 4.39 Å². The zero-order chi connectivity index (χ0) is 18.2. The first-order valence-electron chi connectivity index (χ1n) is 7.97. The second-order valence-corrected chi connectivity index (χ2v) is 5.74. The molecule has 2 N–H and O–H groups in total. The Kier molecular flexibility index (Phi) is 6.30. The molecule has 1 amide bonds. The van der Waals surface area contributed by atoms with Gasteiger partial charge in [0.25, 0.3) is 5.91 Å². The fourth-order valence-electron chi connectivity index (χ4n) is 2.37. The lowest BCUT2D eigenvalue weighted by atomic mass is 10.1. The third-order valence-corrected chi connectivity index (χ3v) is 3.74. The van der Waals surface area contributed by atoms with Gasteiger partial charge in [-0.15, -0.1) is 0 Å². The molecule has 0 fully saturated rings. The summed E-state index contributed by atoms with van der Waals surface area (Å²) in [6.07, 6.45) is 1.82. The summed E-state index contributed by atoms with van der Waals surface area (Å²) in [7, 11) is 0. The fourth-order valence-corrected chi connectivity index (χ4v) is 2.37. The molecule has 0 saturated carbocycles. The van der Waals surface area contributed by atoms with Crippen molar-refractivity contribution in [3.05, 3.63) is 76.7 Å². The van der Waals surface area contributed by atoms with Gasteiger partial charge in [-0.1, -0.05) is 35.9 Å². The van der Waals surface area contributed by atoms with Gasteiger partial charge in [-0.3, -0.25) is 4.79 Å². The van der Waals surface area contributed by atoms with E-state index in [0.29, 0.717) is 24.2 Å². The van der Waals surface area contributed by atoms with E-state index in [4.69, 9.17) is 5.26 Å². The molecule has 0 radical (unpaired) electrons. The Balaban J connectivity index is 1.94. The van der Waals surface area contributed by atoms with Crippen LogP contribution < -0.4 is 10.6 Å². The minimum atomic E-state index is -0.479. The Morgan fingerprint density at radius 2 is 2.00 bits per heavy atom. The predicted molar refractivity (Wildman–Crippen MR) is 96.3 cm³/mol. The van der Waals surface area contributed by atoms with E-state index >= 15 is 0 Å². The minimum absolute atomic E-state index is 0.0338. The Bertz CT molecular complexity index is 837. The third kappa shape index (κ3) is 5.18. The van der Waals surface area contributed by atoms with Gasteiger partial charge in [-0.2, -0.15) is 5.26 Å². The van der Waals surface area contributed by atoms with Gasteiger partial charge in [-0.05, 0) is 43.5 Å². The maximum Gasteiger partial charge on any atom is 0.267 e. The first kappa shape index (κ1) is 18.2. The summed E-state index contributed by atoms with van der Waals surface area (Å²) in [5, 5.41) is 14.8. The van der Waals surface area contributed by atoms with Gasteiger partial charge in [0, 0.05) is 18.4 Å². The normalized spacial score (nSPS) is 10.9. The number of hydrogen-bond donors (Lipinski definition) is 2. The molecule has 0 unspecified atom stereocenters. The van der Waals surface area contributed by atoms with Crippen LogP contribution in [-0.2, 0) is 11.2 Å². The first-order valence-corrected chi connectivity index (χ1v) is 7.97. The van der Waals surface area contributed by atoms with Crippen molar-refractivity contribution in [3.8, 4) is 6.07 Å². The van der Waals surface area contributed by atoms with Crippen molar-refractivity contribution in [1.29, 1.82) is 5.26 Å². The highest BCUT2D eigenvalue weighted by molar-refractivity contribution is 6.06. The van der Waals surface area contributed by atoms with Crippen LogP contribution in [0.1, 0.15) is 16.7 Å². The number of aryl methyl sites for hydroxylation is 2. The second-order valence-electron chi connectivity index (χ2n) is 5.74. The summed E-state index contributed by atoms with van der Waals surface area (Å²) in [5.41, 5.74) is 3.25. The molecule has 2 rings (SSSR count). The highest BCUT2D eigenvalue weighted by atomic mass is 19.1. The number of carbonyl (C=O) groups excluding carboxylic acids is 1.